The van der Waals surface area contributed by atoms with Gasteiger partial charge < -0.3 is 4.90 Å². The van der Waals surface area contributed by atoms with Crippen LogP contribution in [0.1, 0.15) is 150 Å². The van der Waals surface area contributed by atoms with Gasteiger partial charge in [-0.3, -0.25) is 24.0 Å². The summed E-state index contributed by atoms with van der Waals surface area (Å²) >= 11 is 0. The van der Waals surface area contributed by atoms with Crippen molar-refractivity contribution in [2.24, 2.45) is 52.3 Å². The van der Waals surface area contributed by atoms with E-state index in [0.29, 0.717) is 31.7 Å². The predicted molar refractivity (Wildman–Crippen MR) is 204 cm³/mol. The van der Waals surface area contributed by atoms with Crippen molar-refractivity contribution in [3.05, 3.63) is 12.7 Å². The number of fused-ring (bicyclic) bond motifs is 1. The number of piperidine rings is 1. The van der Waals surface area contributed by atoms with E-state index < -0.39 is 44.7 Å². The van der Waals surface area contributed by atoms with Crippen molar-refractivity contribution in [3.63, 3.8) is 0 Å². The first kappa shape index (κ1) is 41.0. The third-order valence-electron chi connectivity index (χ3n) is 13.8. The second-order valence-electron chi connectivity index (χ2n) is 18.8. The maximum Gasteiger partial charge on any atom is 0.227 e. The molecule has 8 nitrogen and oxygen atoms in total. The van der Waals surface area contributed by atoms with Crippen LogP contribution in [0.4, 0.5) is 0 Å². The molecule has 1 saturated heterocycles. The van der Waals surface area contributed by atoms with Gasteiger partial charge in [-0.05, 0) is 85.4 Å². The Morgan fingerprint density at radius 2 is 1.56 bits per heavy atom. The summed E-state index contributed by atoms with van der Waals surface area (Å²) in [5, 5.41) is 0. The predicted octanol–water partition coefficient (Wildman–Crippen LogP) is 7.91. The van der Waals surface area contributed by atoms with Crippen molar-refractivity contribution in [1.29, 1.82) is 0 Å². The molecule has 1 aliphatic heterocycles. The molecule has 2 unspecified atom stereocenters. The van der Waals surface area contributed by atoms with E-state index in [1.54, 1.807) is 11.0 Å². The quantitative estimate of drug-likeness (QED) is 0.0866. The van der Waals surface area contributed by atoms with Crippen molar-refractivity contribution in [2.45, 2.75) is 156 Å². The highest BCUT2D eigenvalue weighted by Crippen LogP contribution is 2.65. The molecule has 0 bridgehead atoms. The van der Waals surface area contributed by atoms with Gasteiger partial charge >= 0.3 is 0 Å². The largest absolute Gasteiger partial charge is 0.332 e. The van der Waals surface area contributed by atoms with Gasteiger partial charge in [-0.1, -0.05) is 85.1 Å². The molecule has 0 N–H and O–H groups in total. The lowest BCUT2D eigenvalue weighted by Crippen LogP contribution is -2.50. The first-order valence-corrected chi connectivity index (χ1v) is 22.6. The van der Waals surface area contributed by atoms with Crippen molar-refractivity contribution < 1.29 is 32.4 Å². The van der Waals surface area contributed by atoms with Gasteiger partial charge in [-0.15, -0.1) is 6.58 Å². The molecule has 292 valence electrons. The van der Waals surface area contributed by atoms with Gasteiger partial charge in [0.25, 0.3) is 0 Å². The summed E-state index contributed by atoms with van der Waals surface area (Å²) in [6.45, 7) is 12.5. The first-order chi connectivity index (χ1) is 24.6. The zero-order valence-corrected chi connectivity index (χ0v) is 33.5. The summed E-state index contributed by atoms with van der Waals surface area (Å²) in [4.78, 5) is 71.4. The monoisotopic (exact) mass is 741 g/mol. The number of sulfone groups is 1. The molecule has 0 radical (unpaired) electrons. The van der Waals surface area contributed by atoms with E-state index >= 15 is 0 Å². The second-order valence-corrected chi connectivity index (χ2v) is 21.0. The highest BCUT2D eigenvalue weighted by Gasteiger charge is 2.69. The van der Waals surface area contributed by atoms with Gasteiger partial charge in [0.2, 0.25) is 11.7 Å². The molecule has 0 aromatic carbocycles. The van der Waals surface area contributed by atoms with Crippen LogP contribution >= 0.6 is 0 Å². The smallest absolute Gasteiger partial charge is 0.227 e. The molecule has 4 saturated carbocycles. The molecular formula is C43H67NO7S. The standard InChI is InChI=1S/C43H67NO7S/c1-6-7-16-36(46)40(48)32(23-30-17-18-30)24-37(47)39-38-35(42(38,4)5)27-44(39)41(49)34(31-14-10-8-11-15-31)25-33(45)26-43(20-12-9-13-21-43)28-52(50,51)22-19-29(2)3/h6,29-32,34-35,38-39H,1,7-28H2,2-5H3/t32?,34-,35?,38-,39+/m0/s1. The number of allylic oxidation sites excluding steroid dienone is 1. The molecule has 0 aromatic rings. The lowest BCUT2D eigenvalue weighted by atomic mass is 9.70. The minimum Gasteiger partial charge on any atom is -0.332 e. The van der Waals surface area contributed by atoms with Crippen LogP contribution in [0, 0.1) is 52.3 Å². The van der Waals surface area contributed by atoms with Gasteiger partial charge in [0, 0.05) is 44.1 Å². The van der Waals surface area contributed by atoms with Gasteiger partial charge in [-0.2, -0.15) is 0 Å². The number of Topliss-reactive ketones (excluding diaryl/α,β-unsaturated/α-hetero) is 4. The Kier molecular flexibility index (Phi) is 13.5. The molecule has 5 fully saturated rings. The minimum atomic E-state index is -3.33. The Morgan fingerprint density at radius 1 is 0.904 bits per heavy atom. The zero-order chi connectivity index (χ0) is 37.8. The summed E-state index contributed by atoms with van der Waals surface area (Å²) in [6.07, 6.45) is 14.7. The van der Waals surface area contributed by atoms with Gasteiger partial charge in [0.05, 0.1) is 17.5 Å². The van der Waals surface area contributed by atoms with Crippen molar-refractivity contribution in [2.75, 3.05) is 18.1 Å². The number of hydrogen-bond donors (Lipinski definition) is 0. The van der Waals surface area contributed by atoms with E-state index in [1.807, 2.05) is 13.8 Å². The van der Waals surface area contributed by atoms with Crippen LogP contribution in [0.2, 0.25) is 0 Å². The molecule has 5 rings (SSSR count). The number of nitrogens with zero attached hydrogens (tertiary/aromatic N) is 1. The van der Waals surface area contributed by atoms with Crippen LogP contribution in [0.15, 0.2) is 12.7 Å². The molecule has 9 heteroatoms. The number of carbonyl (C=O) groups excluding carboxylic acids is 5. The van der Waals surface area contributed by atoms with E-state index in [9.17, 15) is 32.4 Å². The molecule has 5 atom stereocenters. The van der Waals surface area contributed by atoms with Gasteiger partial charge in [0.15, 0.2) is 21.4 Å². The number of hydrogen-bond acceptors (Lipinski definition) is 7. The average Bonchev–Trinajstić information content (AvgIpc) is 3.95. The van der Waals surface area contributed by atoms with Crippen LogP contribution in [-0.2, 0) is 33.8 Å². The minimum absolute atomic E-state index is 0.00126. The summed E-state index contributed by atoms with van der Waals surface area (Å²) < 4.78 is 26.7. The highest BCUT2D eigenvalue weighted by molar-refractivity contribution is 7.91. The van der Waals surface area contributed by atoms with Crippen molar-refractivity contribution >= 4 is 38.9 Å². The normalized spacial score (nSPS) is 26.7. The topological polar surface area (TPSA) is 123 Å². The number of ketones is 4. The lowest BCUT2D eigenvalue weighted by Gasteiger charge is -2.39. The van der Waals surface area contributed by atoms with Crippen LogP contribution in [0.25, 0.3) is 0 Å². The molecule has 52 heavy (non-hydrogen) atoms. The van der Waals surface area contributed by atoms with Crippen molar-refractivity contribution in [3.8, 4) is 0 Å². The molecule has 5 aliphatic rings. The summed E-state index contributed by atoms with van der Waals surface area (Å²) in [6, 6.07) is -0.651. The van der Waals surface area contributed by atoms with Crippen LogP contribution < -0.4 is 0 Å². The molecule has 1 amide bonds. The second kappa shape index (κ2) is 17.1. The fourth-order valence-electron chi connectivity index (χ4n) is 10.4. The first-order valence-electron chi connectivity index (χ1n) is 20.8. The fraction of sp³-hybridized carbons (Fsp3) is 0.837. The molecular weight excluding hydrogens is 675 g/mol. The van der Waals surface area contributed by atoms with E-state index in [1.165, 1.54) is 0 Å². The Bertz CT molecular complexity index is 1450. The third-order valence-corrected chi connectivity index (χ3v) is 15.7. The van der Waals surface area contributed by atoms with Crippen LogP contribution in [0.5, 0.6) is 0 Å². The van der Waals surface area contributed by atoms with E-state index in [2.05, 4.69) is 20.4 Å². The Balaban J connectivity index is 1.35. The van der Waals surface area contributed by atoms with Crippen molar-refractivity contribution in [1.82, 2.24) is 4.90 Å². The fourth-order valence-corrected chi connectivity index (χ4v) is 12.7. The maximum atomic E-state index is 14.9. The Hall–Kier alpha value is -2.16. The summed E-state index contributed by atoms with van der Waals surface area (Å²) in [7, 11) is -3.33. The van der Waals surface area contributed by atoms with E-state index in [-0.39, 0.29) is 83.7 Å². The average molecular weight is 742 g/mol. The number of rotatable bonds is 21. The number of carbonyl (C=O) groups is 5. The number of likely N-dealkylation sites (tertiary alicyclic amines) is 1. The van der Waals surface area contributed by atoms with Crippen LogP contribution in [-0.4, -0.2) is 66.5 Å². The van der Waals surface area contributed by atoms with Gasteiger partial charge in [-0.25, -0.2) is 8.42 Å². The zero-order valence-electron chi connectivity index (χ0n) is 32.7. The highest BCUT2D eigenvalue weighted by atomic mass is 32.2. The van der Waals surface area contributed by atoms with E-state index in [0.717, 1.165) is 77.0 Å². The summed E-state index contributed by atoms with van der Waals surface area (Å²) in [5.74, 6) is -1.29. The van der Waals surface area contributed by atoms with Gasteiger partial charge in [0.1, 0.15) is 5.78 Å². The number of amides is 1. The SMILES string of the molecule is C=CCCC(=O)C(=O)C(CC(=O)[C@@H]1[C@@H]2C(CN1C(=O)[C@@H](CC(=O)CC1(CS(=O)(=O)CCC(C)C)CCCCC1)C1CCCCC1)C2(C)C)CC1CC1. The third kappa shape index (κ3) is 10.1. The molecule has 4 aliphatic carbocycles. The molecule has 0 aromatic heterocycles. The van der Waals surface area contributed by atoms with Crippen LogP contribution in [0.3, 0.4) is 0 Å². The van der Waals surface area contributed by atoms with E-state index in [4.69, 9.17) is 0 Å². The lowest BCUT2D eigenvalue weighted by molar-refractivity contribution is -0.147. The Morgan fingerprint density at radius 3 is 2.17 bits per heavy atom. The molecule has 1 heterocycles. The summed E-state index contributed by atoms with van der Waals surface area (Å²) in [5.41, 5.74) is -0.674. The molecule has 0 spiro atoms. The maximum absolute atomic E-state index is 14.9. The Labute approximate surface area is 314 Å².